The second-order valence-corrected chi connectivity index (χ2v) is 7.55. The summed E-state index contributed by atoms with van der Waals surface area (Å²) in [4.78, 5) is 27.8. The first kappa shape index (κ1) is 20.2. The zero-order valence-electron chi connectivity index (χ0n) is 14.7. The molecule has 0 bridgehead atoms. The van der Waals surface area contributed by atoms with Gasteiger partial charge >= 0.3 is 12.2 Å². The molecule has 0 aliphatic rings. The van der Waals surface area contributed by atoms with Crippen LogP contribution in [0.5, 0.6) is 5.75 Å². The summed E-state index contributed by atoms with van der Waals surface area (Å²) in [5, 5.41) is 2.04. The molecular weight excluding hydrogens is 380 g/mol. The van der Waals surface area contributed by atoms with E-state index < -0.39 is 23.4 Å². The molecule has 0 saturated heterocycles. The number of alkyl carbamates (subject to hydrolysis) is 2. The van der Waals surface area contributed by atoms with E-state index in [4.69, 9.17) is 14.2 Å². The van der Waals surface area contributed by atoms with Crippen molar-refractivity contribution in [3.05, 3.63) is 22.4 Å². The number of nitrogens with zero attached hydrogens (tertiary/aromatic N) is 1. The molecule has 0 aliphatic carbocycles. The summed E-state index contributed by atoms with van der Waals surface area (Å²) >= 11 is 3.30. The Morgan fingerprint density at radius 3 is 2.25 bits per heavy atom. The molecule has 7 nitrogen and oxygen atoms in total. The molecule has 0 radical (unpaired) electrons. The van der Waals surface area contributed by atoms with E-state index in [0.717, 1.165) is 0 Å². The second kappa shape index (κ2) is 7.83. The molecule has 1 aromatic heterocycles. The van der Waals surface area contributed by atoms with Crippen LogP contribution in [0.15, 0.2) is 16.7 Å². The van der Waals surface area contributed by atoms with Gasteiger partial charge in [0, 0.05) is 6.42 Å². The zero-order chi connectivity index (χ0) is 18.5. The van der Waals surface area contributed by atoms with Gasteiger partial charge in [-0.3, -0.25) is 0 Å². The largest absolute Gasteiger partial charge is 0.495 e. The van der Waals surface area contributed by atoms with Gasteiger partial charge in [-0.2, -0.15) is 0 Å². The van der Waals surface area contributed by atoms with E-state index in [-0.39, 0.29) is 0 Å². The standard InChI is InChI=1S/C16H23BrN2O5/c1-15(2,3)23-13(20)19-14(21)24-16(4,5)9-10-11(22-6)7-8-12(17)18-10/h7-8H,9H2,1-6H3,(H,19,20,21). The molecule has 8 heteroatoms. The molecule has 134 valence electrons. The van der Waals surface area contributed by atoms with Crippen LogP contribution in [-0.4, -0.2) is 35.5 Å². The highest BCUT2D eigenvalue weighted by molar-refractivity contribution is 9.10. The van der Waals surface area contributed by atoms with Crippen LogP contribution in [0.4, 0.5) is 9.59 Å². The van der Waals surface area contributed by atoms with Crippen LogP contribution in [0.3, 0.4) is 0 Å². The van der Waals surface area contributed by atoms with Crippen LogP contribution < -0.4 is 10.1 Å². The molecule has 0 aliphatic heterocycles. The first-order valence-corrected chi connectivity index (χ1v) is 8.13. The van der Waals surface area contributed by atoms with Crippen LogP contribution in [0.2, 0.25) is 0 Å². The van der Waals surface area contributed by atoms with Crippen molar-refractivity contribution < 1.29 is 23.8 Å². The lowest BCUT2D eigenvalue weighted by Crippen LogP contribution is -2.41. The minimum atomic E-state index is -0.910. The van der Waals surface area contributed by atoms with Crippen LogP contribution in [-0.2, 0) is 15.9 Å². The number of methoxy groups -OCH3 is 1. The molecule has 0 spiro atoms. The molecule has 1 heterocycles. The molecule has 24 heavy (non-hydrogen) atoms. The van der Waals surface area contributed by atoms with E-state index in [1.165, 1.54) is 7.11 Å². The van der Waals surface area contributed by atoms with E-state index in [1.807, 2.05) is 5.32 Å². The molecule has 1 rings (SSSR count). The summed E-state index contributed by atoms with van der Waals surface area (Å²) in [7, 11) is 1.54. The van der Waals surface area contributed by atoms with Crippen molar-refractivity contribution in [2.75, 3.05) is 7.11 Å². The minimum absolute atomic E-state index is 0.303. The lowest BCUT2D eigenvalue weighted by molar-refractivity contribution is 0.0273. The number of nitrogens with one attached hydrogen (secondary N) is 1. The smallest absolute Gasteiger partial charge is 0.417 e. The van der Waals surface area contributed by atoms with Gasteiger partial charge in [0.05, 0.1) is 12.8 Å². The predicted molar refractivity (Wildman–Crippen MR) is 92.1 cm³/mol. The fourth-order valence-corrected chi connectivity index (χ4v) is 2.22. The highest BCUT2D eigenvalue weighted by Crippen LogP contribution is 2.25. The van der Waals surface area contributed by atoms with Crippen LogP contribution in [0, 0.1) is 0 Å². The predicted octanol–water partition coefficient (Wildman–Crippen LogP) is 3.84. The fraction of sp³-hybridized carbons (Fsp3) is 0.562. The molecule has 0 fully saturated rings. The Labute approximate surface area is 150 Å². The van der Waals surface area contributed by atoms with Crippen molar-refractivity contribution in [3.8, 4) is 5.75 Å². The average Bonchev–Trinajstić information content (AvgIpc) is 2.34. The van der Waals surface area contributed by atoms with Gasteiger partial charge in [-0.15, -0.1) is 0 Å². The Bertz CT molecular complexity index is 611. The molecule has 0 saturated carbocycles. The van der Waals surface area contributed by atoms with Crippen molar-refractivity contribution in [1.82, 2.24) is 10.3 Å². The maximum atomic E-state index is 11.9. The minimum Gasteiger partial charge on any atom is -0.495 e. The van der Waals surface area contributed by atoms with E-state index in [0.29, 0.717) is 22.5 Å². The van der Waals surface area contributed by atoms with E-state index in [9.17, 15) is 9.59 Å². The maximum absolute atomic E-state index is 11.9. The third-order valence-corrected chi connectivity index (χ3v) is 3.13. The van der Waals surface area contributed by atoms with Gasteiger partial charge in [-0.25, -0.2) is 19.9 Å². The van der Waals surface area contributed by atoms with Gasteiger partial charge in [0.2, 0.25) is 0 Å². The molecule has 1 N–H and O–H groups in total. The van der Waals surface area contributed by atoms with Crippen molar-refractivity contribution in [3.63, 3.8) is 0 Å². The summed E-state index contributed by atoms with van der Waals surface area (Å²) in [6.45, 7) is 8.53. The average molecular weight is 403 g/mol. The monoisotopic (exact) mass is 402 g/mol. The van der Waals surface area contributed by atoms with Gasteiger partial charge in [0.1, 0.15) is 21.6 Å². The quantitative estimate of drug-likeness (QED) is 0.769. The number of imide groups is 1. The number of rotatable bonds is 4. The first-order valence-electron chi connectivity index (χ1n) is 7.34. The van der Waals surface area contributed by atoms with Crippen LogP contribution >= 0.6 is 15.9 Å². The number of carbonyl (C=O) groups excluding carboxylic acids is 2. The van der Waals surface area contributed by atoms with Crippen molar-refractivity contribution in [2.45, 2.75) is 52.2 Å². The third-order valence-electron chi connectivity index (χ3n) is 2.68. The lowest BCUT2D eigenvalue weighted by Gasteiger charge is -2.26. The summed E-state index contributed by atoms with van der Waals surface area (Å²) < 4.78 is 16.2. The van der Waals surface area contributed by atoms with Crippen molar-refractivity contribution >= 4 is 28.1 Å². The van der Waals surface area contributed by atoms with Gasteiger partial charge in [-0.1, -0.05) is 0 Å². The molecular formula is C16H23BrN2O5. The molecule has 0 aromatic carbocycles. The Morgan fingerprint density at radius 1 is 1.12 bits per heavy atom. The van der Waals surface area contributed by atoms with Gasteiger partial charge < -0.3 is 14.2 Å². The summed E-state index contributed by atoms with van der Waals surface area (Å²) in [6.07, 6.45) is -1.44. The Kier molecular flexibility index (Phi) is 6.59. The Morgan fingerprint density at radius 2 is 1.71 bits per heavy atom. The molecule has 0 unspecified atom stereocenters. The number of halogens is 1. The highest BCUT2D eigenvalue weighted by atomic mass is 79.9. The van der Waals surface area contributed by atoms with Gasteiger partial charge in [-0.05, 0) is 62.7 Å². The molecule has 2 amide bonds. The Hall–Kier alpha value is -1.83. The van der Waals surface area contributed by atoms with Gasteiger partial charge in [0.15, 0.2) is 0 Å². The fourth-order valence-electron chi connectivity index (χ4n) is 1.88. The number of amides is 2. The second-order valence-electron chi connectivity index (χ2n) is 6.74. The SMILES string of the molecule is COc1ccc(Br)nc1CC(C)(C)OC(=O)NC(=O)OC(C)(C)C. The third kappa shape index (κ3) is 7.16. The number of hydrogen-bond acceptors (Lipinski definition) is 6. The number of ether oxygens (including phenoxy) is 3. The highest BCUT2D eigenvalue weighted by Gasteiger charge is 2.28. The normalized spacial score (nSPS) is 11.6. The first-order chi connectivity index (χ1) is 10.9. The topological polar surface area (TPSA) is 86.8 Å². The van der Waals surface area contributed by atoms with Crippen LogP contribution in [0.1, 0.15) is 40.3 Å². The number of aromatic nitrogens is 1. The zero-order valence-corrected chi connectivity index (χ0v) is 16.3. The van der Waals surface area contributed by atoms with E-state index >= 15 is 0 Å². The van der Waals surface area contributed by atoms with Crippen molar-refractivity contribution in [2.24, 2.45) is 0 Å². The van der Waals surface area contributed by atoms with Crippen LogP contribution in [0.25, 0.3) is 0 Å². The van der Waals surface area contributed by atoms with Gasteiger partial charge in [0.25, 0.3) is 0 Å². The summed E-state index contributed by atoms with van der Waals surface area (Å²) in [5.74, 6) is 0.586. The number of pyridine rings is 1. The lowest BCUT2D eigenvalue weighted by atomic mass is 10.0. The van der Waals surface area contributed by atoms with E-state index in [2.05, 4.69) is 20.9 Å². The van der Waals surface area contributed by atoms with E-state index in [1.54, 1.807) is 46.8 Å². The summed E-state index contributed by atoms with van der Waals surface area (Å²) in [6, 6.07) is 3.52. The molecule has 1 aromatic rings. The molecule has 0 atom stereocenters. The number of hydrogen-bond donors (Lipinski definition) is 1. The Balaban J connectivity index is 2.71. The van der Waals surface area contributed by atoms with Crippen molar-refractivity contribution in [1.29, 1.82) is 0 Å². The summed E-state index contributed by atoms with van der Waals surface area (Å²) in [5.41, 5.74) is -0.984. The number of carbonyl (C=O) groups is 2. The maximum Gasteiger partial charge on any atom is 0.417 e.